The smallest absolute Gasteiger partial charge is 0.248 e. The SMILES string of the molecule is OCC1(C2(O)CNC2)CCC(F)(F)C1. The molecule has 1 atom stereocenters. The maximum Gasteiger partial charge on any atom is 0.248 e. The molecule has 2 rings (SSSR count). The standard InChI is InChI=1S/C9H15F2NO2/c10-9(11)2-1-7(3-9,6-13)8(14)4-12-5-8/h12-14H,1-6H2. The number of rotatable bonds is 2. The molecule has 1 aliphatic heterocycles. The maximum atomic E-state index is 13.1. The van der Waals surface area contributed by atoms with Crippen molar-refractivity contribution in [3.05, 3.63) is 0 Å². The van der Waals surface area contributed by atoms with Crippen LogP contribution in [0.3, 0.4) is 0 Å². The van der Waals surface area contributed by atoms with Gasteiger partial charge in [0.2, 0.25) is 5.92 Å². The summed E-state index contributed by atoms with van der Waals surface area (Å²) in [5.74, 6) is -2.73. The van der Waals surface area contributed by atoms with E-state index in [4.69, 9.17) is 0 Å². The molecule has 1 saturated heterocycles. The molecule has 1 heterocycles. The zero-order valence-electron chi connectivity index (χ0n) is 7.89. The first-order chi connectivity index (χ1) is 6.43. The highest BCUT2D eigenvalue weighted by atomic mass is 19.3. The number of β-amino-alcohol motifs (C(OH)–C–C–N with tert-alkyl or cyclic N) is 1. The lowest BCUT2D eigenvalue weighted by molar-refractivity contribution is -0.149. The van der Waals surface area contributed by atoms with E-state index in [1.165, 1.54) is 0 Å². The van der Waals surface area contributed by atoms with Gasteiger partial charge in [0.05, 0.1) is 12.2 Å². The molecule has 82 valence electrons. The van der Waals surface area contributed by atoms with Crippen molar-refractivity contribution in [3.8, 4) is 0 Å². The van der Waals surface area contributed by atoms with E-state index in [1.54, 1.807) is 0 Å². The van der Waals surface area contributed by atoms with Gasteiger partial charge < -0.3 is 15.5 Å². The summed E-state index contributed by atoms with van der Waals surface area (Å²) in [7, 11) is 0. The van der Waals surface area contributed by atoms with Crippen molar-refractivity contribution in [1.82, 2.24) is 5.32 Å². The molecule has 0 amide bonds. The Balaban J connectivity index is 2.19. The average molecular weight is 207 g/mol. The number of nitrogens with one attached hydrogen (secondary N) is 1. The second-order valence-corrected chi connectivity index (χ2v) is 4.61. The molecule has 2 fully saturated rings. The lowest BCUT2D eigenvalue weighted by atomic mass is 9.67. The molecule has 1 aliphatic carbocycles. The summed E-state index contributed by atoms with van der Waals surface area (Å²) in [5, 5.41) is 22.1. The highest BCUT2D eigenvalue weighted by Gasteiger charge is 2.61. The molecule has 0 aromatic carbocycles. The van der Waals surface area contributed by atoms with Gasteiger partial charge in [-0.25, -0.2) is 8.78 Å². The highest BCUT2D eigenvalue weighted by molar-refractivity contribution is 5.11. The number of aliphatic hydroxyl groups is 2. The summed E-state index contributed by atoms with van der Waals surface area (Å²) < 4.78 is 26.1. The maximum absolute atomic E-state index is 13.1. The van der Waals surface area contributed by atoms with Gasteiger partial charge in [-0.2, -0.15) is 0 Å². The van der Waals surface area contributed by atoms with Crippen LogP contribution in [0.5, 0.6) is 0 Å². The average Bonchev–Trinajstić information content (AvgIpc) is 2.39. The van der Waals surface area contributed by atoms with E-state index < -0.39 is 23.4 Å². The van der Waals surface area contributed by atoms with Gasteiger partial charge in [-0.1, -0.05) is 0 Å². The van der Waals surface area contributed by atoms with Crippen molar-refractivity contribution < 1.29 is 19.0 Å². The molecule has 0 bridgehead atoms. The second-order valence-electron chi connectivity index (χ2n) is 4.61. The van der Waals surface area contributed by atoms with Crippen LogP contribution in [0.4, 0.5) is 8.78 Å². The Morgan fingerprint density at radius 3 is 2.14 bits per heavy atom. The van der Waals surface area contributed by atoms with Crippen LogP contribution in [0.1, 0.15) is 19.3 Å². The van der Waals surface area contributed by atoms with Gasteiger partial charge >= 0.3 is 0 Å². The van der Waals surface area contributed by atoms with Gasteiger partial charge in [0.15, 0.2) is 0 Å². The van der Waals surface area contributed by atoms with Crippen molar-refractivity contribution in [2.75, 3.05) is 19.7 Å². The van der Waals surface area contributed by atoms with Gasteiger partial charge in [0.25, 0.3) is 0 Å². The van der Waals surface area contributed by atoms with Crippen molar-refractivity contribution >= 4 is 0 Å². The predicted molar refractivity (Wildman–Crippen MR) is 46.1 cm³/mol. The van der Waals surface area contributed by atoms with Crippen LogP contribution in [0.15, 0.2) is 0 Å². The molecule has 3 nitrogen and oxygen atoms in total. The van der Waals surface area contributed by atoms with E-state index in [0.717, 1.165) is 0 Å². The quantitative estimate of drug-likeness (QED) is 0.602. The Bertz CT molecular complexity index is 243. The van der Waals surface area contributed by atoms with Crippen molar-refractivity contribution in [3.63, 3.8) is 0 Å². The molecule has 1 unspecified atom stereocenters. The first-order valence-electron chi connectivity index (χ1n) is 4.85. The van der Waals surface area contributed by atoms with Crippen molar-refractivity contribution in [2.45, 2.75) is 30.8 Å². The van der Waals surface area contributed by atoms with Crippen LogP contribution in [-0.4, -0.2) is 41.4 Å². The molecule has 3 N–H and O–H groups in total. The van der Waals surface area contributed by atoms with Gasteiger partial charge in [-0.3, -0.25) is 0 Å². The van der Waals surface area contributed by atoms with E-state index in [-0.39, 0.29) is 19.4 Å². The minimum atomic E-state index is -2.73. The Morgan fingerprint density at radius 2 is 1.86 bits per heavy atom. The lowest BCUT2D eigenvalue weighted by Crippen LogP contribution is -2.69. The number of alkyl halides is 2. The summed E-state index contributed by atoms with van der Waals surface area (Å²) in [4.78, 5) is 0. The normalized spacial score (nSPS) is 39.4. The highest BCUT2D eigenvalue weighted by Crippen LogP contribution is 2.53. The molecule has 0 aromatic heterocycles. The van der Waals surface area contributed by atoms with E-state index in [2.05, 4.69) is 5.32 Å². The summed E-state index contributed by atoms with van der Waals surface area (Å²) >= 11 is 0. The monoisotopic (exact) mass is 207 g/mol. The fourth-order valence-electron chi connectivity index (χ4n) is 2.51. The largest absolute Gasteiger partial charge is 0.396 e. The fourth-order valence-corrected chi connectivity index (χ4v) is 2.51. The minimum absolute atomic E-state index is 0.203. The van der Waals surface area contributed by atoms with E-state index in [0.29, 0.717) is 13.1 Å². The zero-order valence-corrected chi connectivity index (χ0v) is 7.89. The van der Waals surface area contributed by atoms with Crippen LogP contribution in [-0.2, 0) is 0 Å². The first-order valence-corrected chi connectivity index (χ1v) is 4.85. The van der Waals surface area contributed by atoms with Crippen LogP contribution in [0, 0.1) is 5.41 Å². The third-order valence-corrected chi connectivity index (χ3v) is 3.69. The number of hydrogen-bond acceptors (Lipinski definition) is 3. The molecule has 0 aromatic rings. The van der Waals surface area contributed by atoms with Gasteiger partial charge in [-0.15, -0.1) is 0 Å². The van der Waals surface area contributed by atoms with Crippen LogP contribution < -0.4 is 5.32 Å². The Labute approximate surface area is 81.1 Å². The Morgan fingerprint density at radius 1 is 1.21 bits per heavy atom. The fraction of sp³-hybridized carbons (Fsp3) is 1.00. The molecule has 0 radical (unpaired) electrons. The molecule has 5 heteroatoms. The Hall–Kier alpha value is -0.260. The van der Waals surface area contributed by atoms with Crippen LogP contribution in [0.25, 0.3) is 0 Å². The van der Waals surface area contributed by atoms with E-state index in [9.17, 15) is 19.0 Å². The van der Waals surface area contributed by atoms with Crippen molar-refractivity contribution in [1.29, 1.82) is 0 Å². The molecule has 14 heavy (non-hydrogen) atoms. The van der Waals surface area contributed by atoms with Crippen LogP contribution >= 0.6 is 0 Å². The third kappa shape index (κ3) is 1.26. The number of aliphatic hydroxyl groups excluding tert-OH is 1. The number of hydrogen-bond donors (Lipinski definition) is 3. The molecule has 0 spiro atoms. The zero-order chi connectivity index (χ0) is 10.4. The van der Waals surface area contributed by atoms with Gasteiger partial charge in [-0.05, 0) is 6.42 Å². The minimum Gasteiger partial charge on any atom is -0.396 e. The van der Waals surface area contributed by atoms with Gasteiger partial charge in [0, 0.05) is 31.3 Å². The second kappa shape index (κ2) is 2.87. The van der Waals surface area contributed by atoms with Crippen LogP contribution in [0.2, 0.25) is 0 Å². The third-order valence-electron chi connectivity index (χ3n) is 3.69. The number of halogens is 2. The topological polar surface area (TPSA) is 52.5 Å². The summed E-state index contributed by atoms with van der Waals surface area (Å²) in [6.07, 6.45) is -0.417. The summed E-state index contributed by atoms with van der Waals surface area (Å²) in [6.45, 7) is 0.258. The molecular formula is C9H15F2NO2. The lowest BCUT2D eigenvalue weighted by Gasteiger charge is -2.50. The van der Waals surface area contributed by atoms with E-state index in [1.807, 2.05) is 0 Å². The Kier molecular flexibility index (Phi) is 2.10. The predicted octanol–water partition coefficient (Wildman–Crippen LogP) is 0.119. The van der Waals surface area contributed by atoms with E-state index >= 15 is 0 Å². The molecular weight excluding hydrogens is 192 g/mol. The van der Waals surface area contributed by atoms with Crippen molar-refractivity contribution in [2.24, 2.45) is 5.41 Å². The molecule has 1 saturated carbocycles. The van der Waals surface area contributed by atoms with Gasteiger partial charge in [0.1, 0.15) is 0 Å². The summed E-state index contributed by atoms with van der Waals surface area (Å²) in [6, 6.07) is 0. The first kappa shape index (κ1) is 10.3. The summed E-state index contributed by atoms with van der Waals surface area (Å²) in [5.41, 5.74) is -2.14. The molecule has 2 aliphatic rings.